The van der Waals surface area contributed by atoms with Gasteiger partial charge in [0.1, 0.15) is 19.1 Å². The first-order valence-electron chi connectivity index (χ1n) is 3.93. The van der Waals surface area contributed by atoms with Gasteiger partial charge in [0, 0.05) is 12.8 Å². The fraction of sp³-hybridized carbons (Fsp3) is 1.00. The van der Waals surface area contributed by atoms with E-state index in [0.717, 1.165) is 12.1 Å². The minimum Gasteiger partial charge on any atom is -0.168 e. The first kappa shape index (κ1) is 7.07. The lowest BCUT2D eigenvalue weighted by molar-refractivity contribution is 0.237. The van der Waals surface area contributed by atoms with Crippen LogP contribution in [0.5, 0.6) is 0 Å². The third-order valence-corrected chi connectivity index (χ3v) is 2.63. The number of hydrogen-bond acceptors (Lipinski definition) is 1. The summed E-state index contributed by atoms with van der Waals surface area (Å²) in [6.45, 7) is 4.63. The largest absolute Gasteiger partial charge is 0.168 e. The van der Waals surface area contributed by atoms with E-state index in [-0.39, 0.29) is 0 Å². The maximum Gasteiger partial charge on any atom is 0.130 e. The molecule has 0 N–H and O–H groups in total. The molecule has 0 saturated carbocycles. The zero-order valence-electron chi connectivity index (χ0n) is 6.72. The first-order chi connectivity index (χ1) is 4.22. The van der Waals surface area contributed by atoms with Gasteiger partial charge in [0.2, 0.25) is 0 Å². The van der Waals surface area contributed by atoms with Crippen LogP contribution in [0.15, 0.2) is 0 Å². The van der Waals surface area contributed by atoms with Crippen LogP contribution in [0.2, 0.25) is 0 Å². The zero-order valence-corrected chi connectivity index (χ0v) is 6.72. The van der Waals surface area contributed by atoms with Crippen molar-refractivity contribution in [3.8, 4) is 0 Å². The first-order valence-corrected chi connectivity index (χ1v) is 3.93. The van der Waals surface area contributed by atoms with E-state index >= 15 is 0 Å². The maximum absolute atomic E-state index is 2.48. The van der Waals surface area contributed by atoms with Crippen molar-refractivity contribution >= 4 is 0 Å². The average Bonchev–Trinajstić information content (AvgIpc) is 1.83. The fourth-order valence-corrected chi connectivity index (χ4v) is 1.55. The Morgan fingerprint density at radius 1 is 1.11 bits per heavy atom. The summed E-state index contributed by atoms with van der Waals surface area (Å²) < 4.78 is 0. The quantitative estimate of drug-likeness (QED) is 0.437. The Morgan fingerprint density at radius 3 is 1.89 bits per heavy atom. The van der Waals surface area contributed by atoms with E-state index in [1.807, 2.05) is 0 Å². The Balaban J connectivity index is 2.41. The van der Waals surface area contributed by atoms with Gasteiger partial charge in [-0.05, 0) is 20.3 Å². The minimum absolute atomic E-state index is 0.814. The van der Waals surface area contributed by atoms with Gasteiger partial charge in [0.05, 0.1) is 0 Å². The molecule has 1 heterocycles. The predicted molar refractivity (Wildman–Crippen MR) is 40.8 cm³/mol. The van der Waals surface area contributed by atoms with E-state index in [1.165, 1.54) is 19.3 Å². The van der Waals surface area contributed by atoms with Crippen molar-refractivity contribution in [1.29, 1.82) is 0 Å². The van der Waals surface area contributed by atoms with Gasteiger partial charge < -0.3 is 0 Å². The van der Waals surface area contributed by atoms with E-state index in [2.05, 4.69) is 25.8 Å². The molecule has 1 saturated heterocycles. The molecule has 2 atom stereocenters. The number of likely N-dealkylation sites (tertiary alicyclic amines) is 1. The molecule has 1 heteroatoms. The minimum atomic E-state index is 0.814. The third kappa shape index (κ3) is 1.45. The van der Waals surface area contributed by atoms with Crippen LogP contribution in [-0.4, -0.2) is 19.1 Å². The maximum atomic E-state index is 2.48. The SMILES string of the molecule is CC1CCCC(C)[N+]1C. The summed E-state index contributed by atoms with van der Waals surface area (Å²) in [6, 6.07) is 1.63. The molecular formula is C8H17N+. The van der Waals surface area contributed by atoms with Crippen molar-refractivity contribution < 1.29 is 0 Å². The molecule has 0 aromatic rings. The van der Waals surface area contributed by atoms with Crippen LogP contribution in [0.3, 0.4) is 0 Å². The highest BCUT2D eigenvalue weighted by Crippen LogP contribution is 2.17. The van der Waals surface area contributed by atoms with E-state index in [0.29, 0.717) is 0 Å². The highest BCUT2D eigenvalue weighted by molar-refractivity contribution is 4.80. The standard InChI is InChI=1S/C8H17N/c1-7-5-4-6-8(2)9(7)3/h7-8H,4-6H2,1-3H3/q+1. The lowest BCUT2D eigenvalue weighted by Crippen LogP contribution is -2.45. The molecule has 1 aliphatic rings. The highest BCUT2D eigenvalue weighted by atomic mass is 15.2. The molecule has 0 aromatic carbocycles. The van der Waals surface area contributed by atoms with Crippen LogP contribution in [-0.2, 0) is 0 Å². The summed E-state index contributed by atoms with van der Waals surface area (Å²) in [4.78, 5) is 2.48. The average molecular weight is 127 g/mol. The van der Waals surface area contributed by atoms with Crippen LogP contribution in [0.4, 0.5) is 0 Å². The van der Waals surface area contributed by atoms with Gasteiger partial charge >= 0.3 is 0 Å². The summed E-state index contributed by atoms with van der Waals surface area (Å²) in [7, 11) is 2.23. The molecule has 0 amide bonds. The summed E-state index contributed by atoms with van der Waals surface area (Å²) in [5.41, 5.74) is 0. The van der Waals surface area contributed by atoms with Crippen LogP contribution in [0.1, 0.15) is 33.1 Å². The Morgan fingerprint density at radius 2 is 1.56 bits per heavy atom. The predicted octanol–water partition coefficient (Wildman–Crippen LogP) is 1.72. The zero-order chi connectivity index (χ0) is 6.85. The van der Waals surface area contributed by atoms with Gasteiger partial charge in [-0.25, -0.2) is 0 Å². The summed E-state index contributed by atoms with van der Waals surface area (Å²) >= 11 is 0. The highest BCUT2D eigenvalue weighted by Gasteiger charge is 2.29. The van der Waals surface area contributed by atoms with Crippen LogP contribution < -0.4 is 4.90 Å². The van der Waals surface area contributed by atoms with E-state index < -0.39 is 0 Å². The number of piperidine rings is 1. The summed E-state index contributed by atoms with van der Waals surface area (Å²) in [5, 5.41) is 0. The molecule has 1 rings (SSSR count). The van der Waals surface area contributed by atoms with Crippen LogP contribution in [0, 0.1) is 0 Å². The fourth-order valence-electron chi connectivity index (χ4n) is 1.55. The van der Waals surface area contributed by atoms with E-state index in [1.54, 1.807) is 0 Å². The molecule has 9 heavy (non-hydrogen) atoms. The normalized spacial score (nSPS) is 39.0. The molecule has 0 spiro atoms. The van der Waals surface area contributed by atoms with Crippen molar-refractivity contribution in [2.45, 2.75) is 45.2 Å². The lowest BCUT2D eigenvalue weighted by Gasteiger charge is -2.25. The van der Waals surface area contributed by atoms with Crippen molar-refractivity contribution in [3.05, 3.63) is 0 Å². The van der Waals surface area contributed by atoms with Crippen molar-refractivity contribution in [2.75, 3.05) is 7.05 Å². The molecule has 1 aliphatic heterocycles. The van der Waals surface area contributed by atoms with Gasteiger partial charge in [-0.1, -0.05) is 0 Å². The molecule has 1 nitrogen and oxygen atoms in total. The second-order valence-corrected chi connectivity index (χ2v) is 3.29. The molecule has 0 aromatic heterocycles. The monoisotopic (exact) mass is 127 g/mol. The summed E-state index contributed by atoms with van der Waals surface area (Å²) in [6.07, 6.45) is 4.20. The second-order valence-electron chi connectivity index (χ2n) is 3.29. The number of nitrogens with zero attached hydrogens (tertiary/aromatic N) is 1. The smallest absolute Gasteiger partial charge is 0.130 e. The lowest BCUT2D eigenvalue weighted by atomic mass is 9.99. The Labute approximate surface area is 58.0 Å². The van der Waals surface area contributed by atoms with Gasteiger partial charge in [-0.3, -0.25) is 0 Å². The van der Waals surface area contributed by atoms with Gasteiger partial charge in [0.25, 0.3) is 0 Å². The third-order valence-electron chi connectivity index (χ3n) is 2.63. The van der Waals surface area contributed by atoms with Gasteiger partial charge in [-0.15, -0.1) is 0 Å². The van der Waals surface area contributed by atoms with Crippen LogP contribution in [0.25, 0.3) is 0 Å². The molecule has 1 fully saturated rings. The van der Waals surface area contributed by atoms with E-state index in [9.17, 15) is 0 Å². The Kier molecular flexibility index (Phi) is 2.12. The van der Waals surface area contributed by atoms with E-state index in [4.69, 9.17) is 0 Å². The second kappa shape index (κ2) is 2.70. The number of hydrogen-bond donors (Lipinski definition) is 0. The van der Waals surface area contributed by atoms with Crippen molar-refractivity contribution in [1.82, 2.24) is 4.90 Å². The Hall–Kier alpha value is -0.0400. The van der Waals surface area contributed by atoms with Gasteiger partial charge in [-0.2, -0.15) is 4.90 Å². The molecule has 53 valence electrons. The van der Waals surface area contributed by atoms with Crippen LogP contribution >= 0.6 is 0 Å². The van der Waals surface area contributed by atoms with Gasteiger partial charge in [0.15, 0.2) is 0 Å². The van der Waals surface area contributed by atoms with Crippen molar-refractivity contribution in [3.63, 3.8) is 0 Å². The number of rotatable bonds is 0. The molecule has 2 unspecified atom stereocenters. The molecule has 0 bridgehead atoms. The molecule has 0 aliphatic carbocycles. The van der Waals surface area contributed by atoms with Crippen molar-refractivity contribution in [2.24, 2.45) is 0 Å². The Bertz CT molecular complexity index is 80.6. The molecule has 1 radical (unpaired) electrons. The summed E-state index contributed by atoms with van der Waals surface area (Å²) in [5.74, 6) is 0. The topological polar surface area (TPSA) is 5.90 Å². The molecular weight excluding hydrogens is 110 g/mol.